The van der Waals surface area contributed by atoms with E-state index in [4.69, 9.17) is 9.47 Å². The molecule has 2 N–H and O–H groups in total. The summed E-state index contributed by atoms with van der Waals surface area (Å²) in [4.78, 5) is 12.6. The smallest absolute Gasteiger partial charge is 0.255 e. The number of anilines is 1. The maximum Gasteiger partial charge on any atom is 0.255 e. The van der Waals surface area contributed by atoms with Crippen LogP contribution in [0.1, 0.15) is 15.9 Å². The lowest BCUT2D eigenvalue weighted by Gasteiger charge is -2.13. The van der Waals surface area contributed by atoms with E-state index in [1.807, 2.05) is 30.3 Å². The fourth-order valence-corrected chi connectivity index (χ4v) is 3.99. The van der Waals surface area contributed by atoms with Gasteiger partial charge in [0.15, 0.2) is 0 Å². The zero-order valence-electron chi connectivity index (χ0n) is 16.6. The number of nitrogens with one attached hydrogen (secondary N) is 2. The molecule has 3 rings (SSSR count). The Morgan fingerprint density at radius 2 is 1.67 bits per heavy atom. The topological polar surface area (TPSA) is 93.7 Å². The fourth-order valence-electron chi connectivity index (χ4n) is 2.78. The first-order valence-electron chi connectivity index (χ1n) is 9.10. The normalized spacial score (nSPS) is 11.0. The molecule has 1 amide bonds. The molecule has 3 aromatic carbocycles. The monoisotopic (exact) mass is 426 g/mol. The van der Waals surface area contributed by atoms with E-state index in [-0.39, 0.29) is 22.8 Å². The van der Waals surface area contributed by atoms with Crippen molar-refractivity contribution in [2.75, 3.05) is 19.5 Å². The number of methoxy groups -OCH3 is 2. The molecule has 0 aliphatic carbocycles. The van der Waals surface area contributed by atoms with Gasteiger partial charge >= 0.3 is 0 Å². The highest BCUT2D eigenvalue weighted by molar-refractivity contribution is 7.89. The highest BCUT2D eigenvalue weighted by Crippen LogP contribution is 2.26. The second-order valence-corrected chi connectivity index (χ2v) is 8.10. The average molecular weight is 426 g/mol. The molecule has 0 saturated heterocycles. The number of benzene rings is 3. The molecule has 156 valence electrons. The Morgan fingerprint density at radius 3 is 2.37 bits per heavy atom. The van der Waals surface area contributed by atoms with Gasteiger partial charge in [0.2, 0.25) is 10.0 Å². The first kappa shape index (κ1) is 21.4. The van der Waals surface area contributed by atoms with Crippen molar-refractivity contribution in [3.63, 3.8) is 0 Å². The van der Waals surface area contributed by atoms with Crippen LogP contribution in [0.4, 0.5) is 5.69 Å². The third-order valence-corrected chi connectivity index (χ3v) is 5.77. The van der Waals surface area contributed by atoms with E-state index < -0.39 is 15.9 Å². The predicted molar refractivity (Wildman–Crippen MR) is 114 cm³/mol. The Kier molecular flexibility index (Phi) is 6.71. The summed E-state index contributed by atoms with van der Waals surface area (Å²) in [5.74, 6) is 0.287. The molecule has 3 aromatic rings. The highest BCUT2D eigenvalue weighted by atomic mass is 32.2. The Labute approximate surface area is 175 Å². The van der Waals surface area contributed by atoms with Gasteiger partial charge in [0.1, 0.15) is 16.4 Å². The van der Waals surface area contributed by atoms with Gasteiger partial charge in [0.05, 0.1) is 14.2 Å². The van der Waals surface area contributed by atoms with Crippen molar-refractivity contribution in [1.29, 1.82) is 0 Å². The zero-order valence-corrected chi connectivity index (χ0v) is 17.4. The summed E-state index contributed by atoms with van der Waals surface area (Å²) in [7, 11) is -1.01. The van der Waals surface area contributed by atoms with Gasteiger partial charge in [-0.2, -0.15) is 0 Å². The molecule has 0 spiro atoms. The molecule has 0 fully saturated rings. The van der Waals surface area contributed by atoms with Gasteiger partial charge in [0.25, 0.3) is 5.91 Å². The van der Waals surface area contributed by atoms with E-state index in [2.05, 4.69) is 10.0 Å². The second-order valence-electron chi connectivity index (χ2n) is 6.36. The second kappa shape index (κ2) is 9.43. The van der Waals surface area contributed by atoms with Crippen LogP contribution >= 0.6 is 0 Å². The van der Waals surface area contributed by atoms with Crippen LogP contribution < -0.4 is 19.5 Å². The minimum atomic E-state index is -3.92. The van der Waals surface area contributed by atoms with Gasteiger partial charge in [-0.25, -0.2) is 13.1 Å². The van der Waals surface area contributed by atoms with Crippen LogP contribution in [-0.4, -0.2) is 28.5 Å². The van der Waals surface area contributed by atoms with Crippen molar-refractivity contribution in [1.82, 2.24) is 4.72 Å². The van der Waals surface area contributed by atoms with Gasteiger partial charge in [0, 0.05) is 23.9 Å². The molecular formula is C22H22N2O5S. The molecule has 0 heterocycles. The summed E-state index contributed by atoms with van der Waals surface area (Å²) in [5, 5.41) is 2.73. The molecule has 0 atom stereocenters. The molecule has 8 heteroatoms. The molecule has 30 heavy (non-hydrogen) atoms. The summed E-state index contributed by atoms with van der Waals surface area (Å²) in [6.45, 7) is 0.118. The summed E-state index contributed by atoms with van der Waals surface area (Å²) in [5.41, 5.74) is 1.52. The average Bonchev–Trinajstić information content (AvgIpc) is 2.78. The fraction of sp³-hybridized carbons (Fsp3) is 0.136. The van der Waals surface area contributed by atoms with Crippen LogP contribution in [0.3, 0.4) is 0 Å². The van der Waals surface area contributed by atoms with Gasteiger partial charge in [-0.05, 0) is 35.9 Å². The lowest BCUT2D eigenvalue weighted by molar-refractivity contribution is 0.102. The van der Waals surface area contributed by atoms with Gasteiger partial charge in [-0.3, -0.25) is 4.79 Å². The number of hydrogen-bond donors (Lipinski definition) is 2. The molecule has 0 saturated carbocycles. The van der Waals surface area contributed by atoms with Crippen LogP contribution in [0.25, 0.3) is 0 Å². The van der Waals surface area contributed by atoms with Crippen molar-refractivity contribution in [3.05, 3.63) is 83.9 Å². The maximum atomic E-state index is 12.9. The third-order valence-electron chi connectivity index (χ3n) is 4.35. The molecule has 7 nitrogen and oxygen atoms in total. The molecule has 0 unspecified atom stereocenters. The Hall–Kier alpha value is -3.36. The number of hydrogen-bond acceptors (Lipinski definition) is 5. The number of carbonyl (C=O) groups is 1. The zero-order chi connectivity index (χ0) is 21.6. The molecule has 0 radical (unpaired) electrons. The van der Waals surface area contributed by atoms with Crippen LogP contribution in [0, 0.1) is 0 Å². The van der Waals surface area contributed by atoms with Crippen molar-refractivity contribution < 1.29 is 22.7 Å². The van der Waals surface area contributed by atoms with Crippen LogP contribution in [0.2, 0.25) is 0 Å². The van der Waals surface area contributed by atoms with E-state index in [0.717, 1.165) is 5.56 Å². The van der Waals surface area contributed by atoms with E-state index in [0.29, 0.717) is 11.4 Å². The SMILES string of the molecule is COc1cccc(NC(=O)c2ccc(OC)c(S(=O)(=O)NCc3ccccc3)c2)c1. The largest absolute Gasteiger partial charge is 0.497 e. The van der Waals surface area contributed by atoms with Gasteiger partial charge in [-0.15, -0.1) is 0 Å². The summed E-state index contributed by atoms with van der Waals surface area (Å²) in [6.07, 6.45) is 0. The number of ether oxygens (including phenoxy) is 2. The molecule has 0 aliphatic rings. The summed E-state index contributed by atoms with van der Waals surface area (Å²) >= 11 is 0. The number of rotatable bonds is 8. The lowest BCUT2D eigenvalue weighted by Crippen LogP contribution is -2.24. The Balaban J connectivity index is 1.84. The van der Waals surface area contributed by atoms with Crippen molar-refractivity contribution in [2.45, 2.75) is 11.4 Å². The van der Waals surface area contributed by atoms with Crippen LogP contribution in [0.15, 0.2) is 77.7 Å². The Morgan fingerprint density at radius 1 is 0.900 bits per heavy atom. The van der Waals surface area contributed by atoms with Crippen LogP contribution in [-0.2, 0) is 16.6 Å². The van der Waals surface area contributed by atoms with Crippen LogP contribution in [0.5, 0.6) is 11.5 Å². The predicted octanol–water partition coefficient (Wildman–Crippen LogP) is 3.43. The lowest BCUT2D eigenvalue weighted by atomic mass is 10.2. The summed E-state index contributed by atoms with van der Waals surface area (Å²) in [6, 6.07) is 20.3. The number of sulfonamides is 1. The quantitative estimate of drug-likeness (QED) is 0.576. The minimum Gasteiger partial charge on any atom is -0.497 e. The molecule has 0 bridgehead atoms. The highest BCUT2D eigenvalue weighted by Gasteiger charge is 2.21. The van der Waals surface area contributed by atoms with E-state index in [9.17, 15) is 13.2 Å². The standard InChI is InChI=1S/C22H22N2O5S/c1-28-19-10-6-9-18(14-19)24-22(25)17-11-12-20(29-2)21(13-17)30(26,27)23-15-16-7-4-3-5-8-16/h3-14,23H,15H2,1-2H3,(H,24,25). The van der Waals surface area contributed by atoms with E-state index >= 15 is 0 Å². The van der Waals surface area contributed by atoms with Crippen molar-refractivity contribution in [3.8, 4) is 11.5 Å². The first-order valence-corrected chi connectivity index (χ1v) is 10.6. The Bertz CT molecular complexity index is 1130. The van der Waals surface area contributed by atoms with E-state index in [1.54, 1.807) is 24.3 Å². The number of amides is 1. The minimum absolute atomic E-state index is 0.112. The maximum absolute atomic E-state index is 12.9. The van der Waals surface area contributed by atoms with Crippen molar-refractivity contribution >= 4 is 21.6 Å². The number of carbonyl (C=O) groups excluding carboxylic acids is 1. The third kappa shape index (κ3) is 5.16. The van der Waals surface area contributed by atoms with Gasteiger partial charge < -0.3 is 14.8 Å². The summed E-state index contributed by atoms with van der Waals surface area (Å²) < 4.78 is 38.6. The first-order chi connectivity index (χ1) is 14.4. The molecule has 0 aliphatic heterocycles. The van der Waals surface area contributed by atoms with E-state index in [1.165, 1.54) is 32.4 Å². The van der Waals surface area contributed by atoms with Crippen molar-refractivity contribution in [2.24, 2.45) is 0 Å². The van der Waals surface area contributed by atoms with Gasteiger partial charge in [-0.1, -0.05) is 36.4 Å². The molecule has 0 aromatic heterocycles. The molecular weight excluding hydrogens is 404 g/mol.